The number of nitrogens with two attached hydrogens (primary N) is 1. The number of H-pyrrole nitrogens is 1. The second kappa shape index (κ2) is 6.34. The van der Waals surface area contributed by atoms with Crippen LogP contribution in [0.5, 0.6) is 0 Å². The van der Waals surface area contributed by atoms with Crippen LogP contribution in [0.3, 0.4) is 0 Å². The summed E-state index contributed by atoms with van der Waals surface area (Å²) < 4.78 is 1.54. The molecule has 0 aliphatic carbocycles. The molecule has 0 radical (unpaired) electrons. The predicted octanol–water partition coefficient (Wildman–Crippen LogP) is 2.75. The van der Waals surface area contributed by atoms with Crippen LogP contribution in [-0.2, 0) is 4.79 Å². The molecule has 0 bridgehead atoms. The second-order valence-electron chi connectivity index (χ2n) is 5.97. The zero-order chi connectivity index (χ0) is 18.3. The lowest BCUT2D eigenvalue weighted by Crippen LogP contribution is -2.23. The fourth-order valence-electron chi connectivity index (χ4n) is 3.00. The Morgan fingerprint density at radius 3 is 2.69 bits per heavy atom. The van der Waals surface area contributed by atoms with E-state index in [1.165, 1.54) is 0 Å². The number of thioether (sulfide) groups is 1. The van der Waals surface area contributed by atoms with Gasteiger partial charge in [0.1, 0.15) is 11.0 Å². The van der Waals surface area contributed by atoms with E-state index in [9.17, 15) is 9.59 Å². The molecule has 4 aromatic rings. The fourth-order valence-corrected chi connectivity index (χ4v) is 3.74. The smallest absolute Gasteiger partial charge is 0.283 e. The number of para-hydroxylation sites is 2. The highest BCUT2D eigenvalue weighted by molar-refractivity contribution is 7.99. The molecule has 0 saturated heterocycles. The third kappa shape index (κ3) is 2.66. The van der Waals surface area contributed by atoms with Crippen LogP contribution in [0.1, 0.15) is 5.56 Å². The van der Waals surface area contributed by atoms with Gasteiger partial charge in [-0.3, -0.25) is 14.2 Å². The Hall–Kier alpha value is -3.06. The van der Waals surface area contributed by atoms with Gasteiger partial charge >= 0.3 is 0 Å². The van der Waals surface area contributed by atoms with E-state index < -0.39 is 5.91 Å². The number of benzene rings is 2. The molecule has 3 N–H and O–H groups in total. The summed E-state index contributed by atoms with van der Waals surface area (Å²) in [7, 11) is 0. The van der Waals surface area contributed by atoms with Crippen molar-refractivity contribution in [3.63, 3.8) is 0 Å². The summed E-state index contributed by atoms with van der Waals surface area (Å²) in [5.74, 6) is -0.411. The zero-order valence-corrected chi connectivity index (χ0v) is 14.8. The average Bonchev–Trinajstić information content (AvgIpc) is 3.00. The molecule has 0 saturated carbocycles. The van der Waals surface area contributed by atoms with Gasteiger partial charge < -0.3 is 10.7 Å². The Kier molecular flexibility index (Phi) is 4.00. The molecule has 0 aliphatic rings. The van der Waals surface area contributed by atoms with E-state index in [-0.39, 0.29) is 11.3 Å². The van der Waals surface area contributed by atoms with Gasteiger partial charge in [-0.1, -0.05) is 48.2 Å². The summed E-state index contributed by atoms with van der Waals surface area (Å²) >= 11 is 1.16. The molecular weight excluding hydrogens is 348 g/mol. The van der Waals surface area contributed by atoms with Crippen molar-refractivity contribution in [3.8, 4) is 5.69 Å². The number of amides is 1. The Labute approximate surface area is 153 Å². The molecular formula is C19H16N4O2S. The predicted molar refractivity (Wildman–Crippen MR) is 104 cm³/mol. The van der Waals surface area contributed by atoms with Gasteiger partial charge in [0.15, 0.2) is 5.16 Å². The molecule has 2 aromatic carbocycles. The summed E-state index contributed by atoms with van der Waals surface area (Å²) in [4.78, 5) is 32.4. The molecule has 2 heterocycles. The summed E-state index contributed by atoms with van der Waals surface area (Å²) in [6, 6.07) is 15.2. The normalized spacial score (nSPS) is 11.3. The van der Waals surface area contributed by atoms with Gasteiger partial charge in [0, 0.05) is 10.9 Å². The molecule has 0 spiro atoms. The van der Waals surface area contributed by atoms with Gasteiger partial charge in [0.2, 0.25) is 5.91 Å². The number of nitrogens with one attached hydrogen (secondary N) is 1. The minimum absolute atomic E-state index is 0.0478. The highest BCUT2D eigenvalue weighted by atomic mass is 32.2. The standard InChI is InChI=1S/C19H16N4O2S/c1-11-6-2-5-9-14(11)23-18(25)17-16(22-19(23)26-10-15(20)24)12-7-3-4-8-13(12)21-17/h2-9,21H,10H2,1H3,(H2,20,24). The lowest BCUT2D eigenvalue weighted by atomic mass is 10.2. The molecule has 1 amide bonds. The number of hydrogen-bond donors (Lipinski definition) is 2. The third-order valence-electron chi connectivity index (χ3n) is 4.19. The van der Waals surface area contributed by atoms with E-state index in [0.717, 1.165) is 33.9 Å². The van der Waals surface area contributed by atoms with Gasteiger partial charge in [0.05, 0.1) is 11.4 Å². The summed E-state index contributed by atoms with van der Waals surface area (Å²) in [5, 5.41) is 1.32. The first-order chi connectivity index (χ1) is 12.6. The molecule has 6 nitrogen and oxygen atoms in total. The number of fused-ring (bicyclic) bond motifs is 3. The van der Waals surface area contributed by atoms with Crippen LogP contribution in [0.25, 0.3) is 27.6 Å². The lowest BCUT2D eigenvalue weighted by Gasteiger charge is -2.13. The Bertz CT molecular complexity index is 1210. The molecule has 2 aromatic heterocycles. The van der Waals surface area contributed by atoms with Crippen molar-refractivity contribution in [1.82, 2.24) is 14.5 Å². The molecule has 26 heavy (non-hydrogen) atoms. The molecule has 7 heteroatoms. The SMILES string of the molecule is Cc1ccccc1-n1c(SCC(N)=O)nc2c([nH]c3ccccc32)c1=O. The van der Waals surface area contributed by atoms with Crippen LogP contribution in [0.2, 0.25) is 0 Å². The molecule has 4 rings (SSSR count). The van der Waals surface area contributed by atoms with Crippen LogP contribution in [0.4, 0.5) is 0 Å². The number of aromatic amines is 1. The van der Waals surface area contributed by atoms with Crippen LogP contribution < -0.4 is 11.3 Å². The van der Waals surface area contributed by atoms with Crippen molar-refractivity contribution in [2.45, 2.75) is 12.1 Å². The maximum Gasteiger partial charge on any atom is 0.283 e. The average molecular weight is 364 g/mol. The number of carbonyl (C=O) groups excluding carboxylic acids is 1. The number of aryl methyl sites for hydroxylation is 1. The summed E-state index contributed by atoms with van der Waals surface area (Å²) in [6.45, 7) is 1.93. The summed E-state index contributed by atoms with van der Waals surface area (Å²) in [6.07, 6.45) is 0. The molecule has 0 fully saturated rings. The van der Waals surface area contributed by atoms with Gasteiger partial charge in [-0.05, 0) is 24.6 Å². The fraction of sp³-hybridized carbons (Fsp3) is 0.105. The van der Waals surface area contributed by atoms with Crippen LogP contribution >= 0.6 is 11.8 Å². The Morgan fingerprint density at radius 1 is 1.19 bits per heavy atom. The monoisotopic (exact) mass is 364 g/mol. The first-order valence-electron chi connectivity index (χ1n) is 8.07. The van der Waals surface area contributed by atoms with Crippen molar-refractivity contribution < 1.29 is 4.79 Å². The largest absolute Gasteiger partial charge is 0.369 e. The number of primary amides is 1. The molecule has 0 unspecified atom stereocenters. The Balaban J connectivity index is 2.07. The maximum absolute atomic E-state index is 13.3. The minimum atomic E-state index is -0.459. The first kappa shape index (κ1) is 16.4. The quantitative estimate of drug-likeness (QED) is 0.430. The van der Waals surface area contributed by atoms with E-state index in [2.05, 4.69) is 4.98 Å². The van der Waals surface area contributed by atoms with Gasteiger partial charge in [0.25, 0.3) is 5.56 Å². The van der Waals surface area contributed by atoms with Crippen molar-refractivity contribution in [3.05, 3.63) is 64.4 Å². The number of hydrogen-bond acceptors (Lipinski definition) is 4. The highest BCUT2D eigenvalue weighted by Crippen LogP contribution is 2.26. The molecule has 130 valence electrons. The van der Waals surface area contributed by atoms with Crippen molar-refractivity contribution in [2.75, 3.05) is 5.75 Å². The Morgan fingerprint density at radius 2 is 1.92 bits per heavy atom. The second-order valence-corrected chi connectivity index (χ2v) is 6.91. The number of nitrogens with zero attached hydrogens (tertiary/aromatic N) is 2. The van der Waals surface area contributed by atoms with E-state index in [1.807, 2.05) is 55.5 Å². The maximum atomic E-state index is 13.3. The van der Waals surface area contributed by atoms with Gasteiger partial charge in [-0.25, -0.2) is 4.98 Å². The summed E-state index contributed by atoms with van der Waals surface area (Å²) in [5.41, 5.74) is 8.66. The van der Waals surface area contributed by atoms with Crippen molar-refractivity contribution in [2.24, 2.45) is 5.73 Å². The van der Waals surface area contributed by atoms with Crippen LogP contribution in [0.15, 0.2) is 58.5 Å². The first-order valence-corrected chi connectivity index (χ1v) is 9.05. The van der Waals surface area contributed by atoms with Crippen LogP contribution in [0, 0.1) is 6.92 Å². The minimum Gasteiger partial charge on any atom is -0.369 e. The molecule has 0 aliphatic heterocycles. The lowest BCUT2D eigenvalue weighted by molar-refractivity contribution is -0.115. The van der Waals surface area contributed by atoms with Gasteiger partial charge in [-0.15, -0.1) is 0 Å². The van der Waals surface area contributed by atoms with E-state index >= 15 is 0 Å². The van der Waals surface area contributed by atoms with Gasteiger partial charge in [-0.2, -0.15) is 0 Å². The van der Waals surface area contributed by atoms with E-state index in [1.54, 1.807) is 4.57 Å². The van der Waals surface area contributed by atoms with E-state index in [0.29, 0.717) is 16.2 Å². The van der Waals surface area contributed by atoms with Crippen molar-refractivity contribution in [1.29, 1.82) is 0 Å². The van der Waals surface area contributed by atoms with Crippen molar-refractivity contribution >= 4 is 39.6 Å². The van der Waals surface area contributed by atoms with Crippen LogP contribution in [-0.4, -0.2) is 26.2 Å². The third-order valence-corrected chi connectivity index (χ3v) is 5.16. The topological polar surface area (TPSA) is 93.8 Å². The number of aromatic nitrogens is 3. The number of carbonyl (C=O) groups is 1. The molecule has 0 atom stereocenters. The zero-order valence-electron chi connectivity index (χ0n) is 14.0. The van der Waals surface area contributed by atoms with E-state index in [4.69, 9.17) is 10.7 Å². The number of rotatable bonds is 4. The highest BCUT2D eigenvalue weighted by Gasteiger charge is 2.18.